The number of nitrogens with zero attached hydrogens (tertiary/aromatic N) is 1. The third-order valence-corrected chi connectivity index (χ3v) is 3.92. The molecule has 0 atom stereocenters. The topological polar surface area (TPSA) is 12.9 Å². The molecule has 3 aromatic carbocycles. The summed E-state index contributed by atoms with van der Waals surface area (Å²) in [6.07, 6.45) is 0. The van der Waals surface area contributed by atoms with Crippen LogP contribution in [0.2, 0.25) is 0 Å². The van der Waals surface area contributed by atoms with Gasteiger partial charge < -0.3 is 0 Å². The first-order valence-electron chi connectivity index (χ1n) is 7.17. The third-order valence-electron chi connectivity index (χ3n) is 3.92. The van der Waals surface area contributed by atoms with Crippen molar-refractivity contribution in [2.45, 2.75) is 6.92 Å². The van der Waals surface area contributed by atoms with Gasteiger partial charge in [-0.2, -0.15) is 0 Å². The molecule has 0 spiro atoms. The molecule has 0 unspecified atom stereocenters. The lowest BCUT2D eigenvalue weighted by molar-refractivity contribution is 1.26. The fraction of sp³-hybridized carbons (Fsp3) is 0.0500. The van der Waals surface area contributed by atoms with E-state index in [4.69, 9.17) is 4.98 Å². The molecule has 0 amide bonds. The Hall–Kier alpha value is -2.67. The Kier molecular flexibility index (Phi) is 2.71. The van der Waals surface area contributed by atoms with E-state index in [9.17, 15) is 0 Å². The number of pyridine rings is 1. The molecule has 4 rings (SSSR count). The molecule has 1 heteroatoms. The van der Waals surface area contributed by atoms with Gasteiger partial charge in [-0.15, -0.1) is 0 Å². The molecule has 100 valence electrons. The summed E-state index contributed by atoms with van der Waals surface area (Å²) in [4.78, 5) is 4.74. The van der Waals surface area contributed by atoms with Crippen molar-refractivity contribution in [3.05, 3.63) is 78.5 Å². The Labute approximate surface area is 123 Å². The molecule has 1 heterocycles. The smallest absolute Gasteiger partial charge is 0.0783 e. The maximum atomic E-state index is 4.74. The predicted molar refractivity (Wildman–Crippen MR) is 89.4 cm³/mol. The fourth-order valence-corrected chi connectivity index (χ4v) is 2.81. The third kappa shape index (κ3) is 2.07. The van der Waals surface area contributed by atoms with Gasteiger partial charge in [0, 0.05) is 16.5 Å². The average Bonchev–Trinajstić information content (AvgIpc) is 2.55. The molecule has 0 N–H and O–H groups in total. The molecule has 1 aromatic heterocycles. The van der Waals surface area contributed by atoms with Gasteiger partial charge in [0.05, 0.1) is 5.52 Å². The van der Waals surface area contributed by atoms with Crippen LogP contribution in [-0.2, 0) is 0 Å². The summed E-state index contributed by atoms with van der Waals surface area (Å²) in [5.41, 5.74) is 4.62. The van der Waals surface area contributed by atoms with E-state index in [1.165, 1.54) is 27.3 Å². The van der Waals surface area contributed by atoms with E-state index in [2.05, 4.69) is 66.7 Å². The number of benzene rings is 3. The number of rotatable bonds is 1. The van der Waals surface area contributed by atoms with Gasteiger partial charge in [0.2, 0.25) is 0 Å². The van der Waals surface area contributed by atoms with Crippen LogP contribution in [0.5, 0.6) is 0 Å². The van der Waals surface area contributed by atoms with Gasteiger partial charge in [0.1, 0.15) is 0 Å². The maximum Gasteiger partial charge on any atom is 0.0783 e. The number of aryl methyl sites for hydroxylation is 1. The summed E-state index contributed by atoms with van der Waals surface area (Å²) in [6.45, 7) is 2.04. The molecule has 4 aromatic rings. The lowest BCUT2D eigenvalue weighted by Crippen LogP contribution is -1.86. The molecule has 0 aliphatic carbocycles. The van der Waals surface area contributed by atoms with Crippen LogP contribution in [0.25, 0.3) is 32.8 Å². The minimum absolute atomic E-state index is 1.06. The van der Waals surface area contributed by atoms with Crippen molar-refractivity contribution in [3.63, 3.8) is 0 Å². The highest BCUT2D eigenvalue weighted by molar-refractivity contribution is 6.06. The van der Waals surface area contributed by atoms with Crippen molar-refractivity contribution in [1.29, 1.82) is 0 Å². The predicted octanol–water partition coefficient (Wildman–Crippen LogP) is 5.36. The van der Waals surface area contributed by atoms with Crippen LogP contribution < -0.4 is 0 Å². The SMILES string of the molecule is Cc1ccc2ccc3ccc(-c4ccccc4)cc3c2n1. The summed E-state index contributed by atoms with van der Waals surface area (Å²) in [5.74, 6) is 0. The lowest BCUT2D eigenvalue weighted by atomic mass is 9.99. The fourth-order valence-electron chi connectivity index (χ4n) is 2.81. The van der Waals surface area contributed by atoms with Crippen molar-refractivity contribution >= 4 is 21.7 Å². The Morgan fingerprint density at radius 2 is 1.38 bits per heavy atom. The van der Waals surface area contributed by atoms with E-state index < -0.39 is 0 Å². The van der Waals surface area contributed by atoms with Crippen LogP contribution in [0.3, 0.4) is 0 Å². The summed E-state index contributed by atoms with van der Waals surface area (Å²) in [5, 5.41) is 3.65. The van der Waals surface area contributed by atoms with Gasteiger partial charge >= 0.3 is 0 Å². The van der Waals surface area contributed by atoms with E-state index >= 15 is 0 Å². The van der Waals surface area contributed by atoms with Gasteiger partial charge in [-0.05, 0) is 35.6 Å². The van der Waals surface area contributed by atoms with E-state index in [-0.39, 0.29) is 0 Å². The second kappa shape index (κ2) is 4.71. The van der Waals surface area contributed by atoms with Crippen LogP contribution in [0.4, 0.5) is 0 Å². The van der Waals surface area contributed by atoms with Crippen LogP contribution >= 0.6 is 0 Å². The zero-order valence-corrected chi connectivity index (χ0v) is 11.9. The maximum absolute atomic E-state index is 4.74. The highest BCUT2D eigenvalue weighted by atomic mass is 14.7. The van der Waals surface area contributed by atoms with Gasteiger partial charge in [-0.3, -0.25) is 4.98 Å². The summed E-state index contributed by atoms with van der Waals surface area (Å²) >= 11 is 0. The van der Waals surface area contributed by atoms with Crippen molar-refractivity contribution in [2.75, 3.05) is 0 Å². The Balaban J connectivity index is 2.05. The normalized spacial score (nSPS) is 11.1. The van der Waals surface area contributed by atoms with Crippen LogP contribution in [0.15, 0.2) is 72.8 Å². The van der Waals surface area contributed by atoms with Gasteiger partial charge in [-0.1, -0.05) is 60.7 Å². The molecular weight excluding hydrogens is 254 g/mol. The standard InChI is InChI=1S/C20H15N/c1-14-7-8-17-11-9-16-10-12-18(13-19(16)20(17)21-14)15-5-3-2-4-6-15/h2-13H,1H3. The monoisotopic (exact) mass is 269 g/mol. The summed E-state index contributed by atoms with van der Waals surface area (Å²) < 4.78 is 0. The highest BCUT2D eigenvalue weighted by Gasteiger charge is 2.04. The quantitative estimate of drug-likeness (QED) is 0.424. The van der Waals surface area contributed by atoms with Crippen molar-refractivity contribution in [1.82, 2.24) is 4.98 Å². The van der Waals surface area contributed by atoms with Gasteiger partial charge in [0.25, 0.3) is 0 Å². The molecule has 0 bridgehead atoms. The van der Waals surface area contributed by atoms with Crippen molar-refractivity contribution in [2.24, 2.45) is 0 Å². The molecule has 0 radical (unpaired) electrons. The zero-order valence-electron chi connectivity index (χ0n) is 11.9. The number of fused-ring (bicyclic) bond motifs is 3. The molecule has 1 nitrogen and oxygen atoms in total. The molecular formula is C20H15N. The second-order valence-corrected chi connectivity index (χ2v) is 5.39. The first kappa shape index (κ1) is 12.1. The van der Waals surface area contributed by atoms with Gasteiger partial charge in [0.15, 0.2) is 0 Å². The van der Waals surface area contributed by atoms with Crippen LogP contribution in [-0.4, -0.2) is 4.98 Å². The molecule has 21 heavy (non-hydrogen) atoms. The Bertz CT molecular complexity index is 940. The highest BCUT2D eigenvalue weighted by Crippen LogP contribution is 2.29. The second-order valence-electron chi connectivity index (χ2n) is 5.39. The van der Waals surface area contributed by atoms with E-state index in [0.29, 0.717) is 0 Å². The van der Waals surface area contributed by atoms with Crippen LogP contribution in [0.1, 0.15) is 5.69 Å². The molecule has 0 aliphatic heterocycles. The van der Waals surface area contributed by atoms with Crippen molar-refractivity contribution < 1.29 is 0 Å². The summed E-state index contributed by atoms with van der Waals surface area (Å²) in [7, 11) is 0. The van der Waals surface area contributed by atoms with E-state index in [0.717, 1.165) is 11.2 Å². The van der Waals surface area contributed by atoms with Crippen LogP contribution in [0, 0.1) is 6.92 Å². The molecule has 0 aliphatic rings. The van der Waals surface area contributed by atoms with E-state index in [1.54, 1.807) is 0 Å². The Morgan fingerprint density at radius 1 is 0.667 bits per heavy atom. The summed E-state index contributed by atoms with van der Waals surface area (Å²) in [6, 6.07) is 25.6. The van der Waals surface area contributed by atoms with Crippen molar-refractivity contribution in [3.8, 4) is 11.1 Å². The van der Waals surface area contributed by atoms with Gasteiger partial charge in [-0.25, -0.2) is 0 Å². The average molecular weight is 269 g/mol. The van der Waals surface area contributed by atoms with E-state index in [1.807, 2.05) is 13.0 Å². The minimum atomic E-state index is 1.06. The lowest BCUT2D eigenvalue weighted by Gasteiger charge is -2.07. The molecule has 0 saturated heterocycles. The number of hydrogen-bond donors (Lipinski definition) is 0. The minimum Gasteiger partial charge on any atom is -0.252 e. The number of aromatic nitrogens is 1. The molecule has 0 fully saturated rings. The Morgan fingerprint density at radius 3 is 2.24 bits per heavy atom. The first-order valence-corrected chi connectivity index (χ1v) is 7.17. The zero-order chi connectivity index (χ0) is 14.2. The number of hydrogen-bond acceptors (Lipinski definition) is 1. The first-order chi connectivity index (χ1) is 10.3. The molecule has 0 saturated carbocycles. The largest absolute Gasteiger partial charge is 0.252 e.